The highest BCUT2D eigenvalue weighted by molar-refractivity contribution is 4.87. The van der Waals surface area contributed by atoms with Crippen molar-refractivity contribution in [3.63, 3.8) is 0 Å². The minimum absolute atomic E-state index is 0.376. The van der Waals surface area contributed by atoms with E-state index in [1.54, 1.807) is 0 Å². The van der Waals surface area contributed by atoms with Crippen molar-refractivity contribution < 1.29 is 5.11 Å². The van der Waals surface area contributed by atoms with Crippen molar-refractivity contribution in [1.82, 2.24) is 4.90 Å². The molecular formula is C10H21NO. The largest absolute Gasteiger partial charge is 0.389 e. The summed E-state index contributed by atoms with van der Waals surface area (Å²) in [5, 5.41) is 10.1. The molecule has 0 aromatic heterocycles. The van der Waals surface area contributed by atoms with Gasteiger partial charge in [-0.3, -0.25) is 0 Å². The first kappa shape index (κ1) is 10.0. The molecule has 1 aliphatic carbocycles. The molecule has 1 aliphatic rings. The summed E-state index contributed by atoms with van der Waals surface area (Å²) in [7, 11) is 2.08. The average molecular weight is 171 g/mol. The second-order valence-corrected chi connectivity index (χ2v) is 4.44. The van der Waals surface area contributed by atoms with Crippen molar-refractivity contribution in [2.75, 3.05) is 13.6 Å². The minimum atomic E-state index is -0.376. The van der Waals surface area contributed by atoms with Crippen LogP contribution in [0.25, 0.3) is 0 Å². The van der Waals surface area contributed by atoms with E-state index in [-0.39, 0.29) is 5.60 Å². The van der Waals surface area contributed by atoms with Crippen molar-refractivity contribution in [2.24, 2.45) is 0 Å². The molecule has 0 spiro atoms. The quantitative estimate of drug-likeness (QED) is 0.697. The van der Waals surface area contributed by atoms with Crippen LogP contribution in [0.3, 0.4) is 0 Å². The molecule has 12 heavy (non-hydrogen) atoms. The first-order chi connectivity index (χ1) is 5.53. The number of likely N-dealkylation sites (N-methyl/N-ethyl adjacent to an activating group) is 1. The van der Waals surface area contributed by atoms with Gasteiger partial charge in [-0.2, -0.15) is 0 Å². The Labute approximate surface area is 75.6 Å². The lowest BCUT2D eigenvalue weighted by atomic mass is 10.0. The highest BCUT2D eigenvalue weighted by atomic mass is 16.3. The summed E-state index contributed by atoms with van der Waals surface area (Å²) in [6.45, 7) is 5.17. The lowest BCUT2D eigenvalue weighted by Crippen LogP contribution is -2.42. The number of hydrogen-bond donors (Lipinski definition) is 1. The molecule has 0 saturated heterocycles. The summed E-state index contributed by atoms with van der Waals surface area (Å²) in [5.41, 5.74) is -0.376. The fraction of sp³-hybridized carbons (Fsp3) is 1.00. The summed E-state index contributed by atoms with van der Waals surface area (Å²) in [6, 6.07) is 0.537. The second-order valence-electron chi connectivity index (χ2n) is 4.44. The van der Waals surface area contributed by atoms with Gasteiger partial charge >= 0.3 is 0 Å². The molecule has 1 N–H and O–H groups in total. The van der Waals surface area contributed by atoms with E-state index in [9.17, 15) is 5.11 Å². The van der Waals surface area contributed by atoms with Crippen LogP contribution >= 0.6 is 0 Å². The highest BCUT2D eigenvalue weighted by Gasteiger charge is 2.32. The van der Waals surface area contributed by atoms with Gasteiger partial charge in [-0.15, -0.1) is 0 Å². The van der Waals surface area contributed by atoms with Crippen LogP contribution < -0.4 is 0 Å². The Morgan fingerprint density at radius 2 is 1.83 bits per heavy atom. The van der Waals surface area contributed by atoms with Crippen molar-refractivity contribution >= 4 is 0 Å². The Morgan fingerprint density at radius 1 is 1.33 bits per heavy atom. The van der Waals surface area contributed by atoms with Crippen LogP contribution in [0.1, 0.15) is 39.5 Å². The van der Waals surface area contributed by atoms with Crippen LogP contribution in [0.5, 0.6) is 0 Å². The molecule has 0 aromatic carbocycles. The topological polar surface area (TPSA) is 23.5 Å². The van der Waals surface area contributed by atoms with Gasteiger partial charge in [-0.25, -0.2) is 0 Å². The maximum Gasteiger partial charge on any atom is 0.0774 e. The Balaban J connectivity index is 2.38. The first-order valence-electron chi connectivity index (χ1n) is 4.96. The third-order valence-corrected chi connectivity index (χ3v) is 2.96. The fourth-order valence-corrected chi connectivity index (χ4v) is 1.84. The van der Waals surface area contributed by atoms with Gasteiger partial charge in [0.1, 0.15) is 0 Å². The van der Waals surface area contributed by atoms with Crippen molar-refractivity contribution in [3.8, 4) is 0 Å². The van der Waals surface area contributed by atoms with E-state index in [2.05, 4.69) is 25.8 Å². The molecule has 0 bridgehead atoms. The minimum Gasteiger partial charge on any atom is -0.389 e. The van der Waals surface area contributed by atoms with E-state index in [4.69, 9.17) is 0 Å². The van der Waals surface area contributed by atoms with E-state index >= 15 is 0 Å². The highest BCUT2D eigenvalue weighted by Crippen LogP contribution is 2.30. The van der Waals surface area contributed by atoms with Gasteiger partial charge < -0.3 is 10.0 Å². The summed E-state index contributed by atoms with van der Waals surface area (Å²) in [5.74, 6) is 0. The molecule has 0 atom stereocenters. The van der Waals surface area contributed by atoms with Crippen molar-refractivity contribution in [3.05, 3.63) is 0 Å². The zero-order valence-electron chi connectivity index (χ0n) is 8.51. The lowest BCUT2D eigenvalue weighted by Gasteiger charge is -2.30. The lowest BCUT2D eigenvalue weighted by molar-refractivity contribution is 0.00905. The van der Waals surface area contributed by atoms with Crippen LogP contribution in [0, 0.1) is 0 Å². The van der Waals surface area contributed by atoms with Crippen LogP contribution in [0.2, 0.25) is 0 Å². The summed E-state index contributed by atoms with van der Waals surface area (Å²) < 4.78 is 0. The number of hydrogen-bond acceptors (Lipinski definition) is 2. The molecule has 0 amide bonds. The van der Waals surface area contributed by atoms with Crippen molar-refractivity contribution in [1.29, 1.82) is 0 Å². The van der Waals surface area contributed by atoms with E-state index in [0.29, 0.717) is 6.04 Å². The Morgan fingerprint density at radius 3 is 2.25 bits per heavy atom. The Bertz CT molecular complexity index is 139. The second kappa shape index (κ2) is 3.75. The number of aliphatic hydroxyl groups is 1. The van der Waals surface area contributed by atoms with Crippen LogP contribution in [-0.2, 0) is 0 Å². The van der Waals surface area contributed by atoms with Gasteiger partial charge in [-0.1, -0.05) is 12.8 Å². The molecule has 0 heterocycles. The predicted molar refractivity (Wildman–Crippen MR) is 51.2 cm³/mol. The summed E-state index contributed by atoms with van der Waals surface area (Å²) >= 11 is 0. The van der Waals surface area contributed by atoms with Crippen LogP contribution in [-0.4, -0.2) is 35.2 Å². The van der Waals surface area contributed by atoms with E-state index in [1.165, 1.54) is 12.8 Å². The van der Waals surface area contributed by atoms with Gasteiger partial charge in [0.05, 0.1) is 5.60 Å². The SMILES string of the molecule is CC(C)N(C)CC1(O)CCCC1. The molecule has 0 unspecified atom stereocenters. The van der Waals surface area contributed by atoms with Gasteiger partial charge in [0, 0.05) is 12.6 Å². The average Bonchev–Trinajstić information content (AvgIpc) is 2.35. The maximum atomic E-state index is 10.1. The van der Waals surface area contributed by atoms with Crippen LogP contribution in [0.4, 0.5) is 0 Å². The summed E-state index contributed by atoms with van der Waals surface area (Å²) in [4.78, 5) is 2.23. The summed E-state index contributed by atoms with van der Waals surface area (Å²) in [6.07, 6.45) is 4.37. The molecular weight excluding hydrogens is 150 g/mol. The van der Waals surface area contributed by atoms with E-state index in [1.807, 2.05) is 0 Å². The standard InChI is InChI=1S/C10H21NO/c1-9(2)11(3)8-10(12)6-4-5-7-10/h9,12H,4-8H2,1-3H3. The van der Waals surface area contributed by atoms with Gasteiger partial charge in [-0.05, 0) is 33.7 Å². The maximum absolute atomic E-state index is 10.1. The molecule has 0 aliphatic heterocycles. The molecule has 0 radical (unpaired) electrons. The molecule has 2 heteroatoms. The number of rotatable bonds is 3. The third-order valence-electron chi connectivity index (χ3n) is 2.96. The van der Waals surface area contributed by atoms with Gasteiger partial charge in [0.2, 0.25) is 0 Å². The predicted octanol–water partition coefficient (Wildman–Crippen LogP) is 1.63. The molecule has 2 nitrogen and oxygen atoms in total. The zero-order valence-corrected chi connectivity index (χ0v) is 8.51. The monoisotopic (exact) mass is 171 g/mol. The van der Waals surface area contributed by atoms with Gasteiger partial charge in [0.25, 0.3) is 0 Å². The normalized spacial score (nSPS) is 22.5. The fourth-order valence-electron chi connectivity index (χ4n) is 1.84. The first-order valence-corrected chi connectivity index (χ1v) is 4.96. The van der Waals surface area contributed by atoms with Gasteiger partial charge in [0.15, 0.2) is 0 Å². The van der Waals surface area contributed by atoms with Crippen molar-refractivity contribution in [2.45, 2.75) is 51.2 Å². The van der Waals surface area contributed by atoms with E-state index in [0.717, 1.165) is 19.4 Å². The molecule has 1 fully saturated rings. The molecule has 1 saturated carbocycles. The Kier molecular flexibility index (Phi) is 3.13. The molecule has 72 valence electrons. The molecule has 1 rings (SSSR count). The zero-order chi connectivity index (χ0) is 9.19. The smallest absolute Gasteiger partial charge is 0.0774 e. The number of nitrogens with zero attached hydrogens (tertiary/aromatic N) is 1. The van der Waals surface area contributed by atoms with Crippen LogP contribution in [0.15, 0.2) is 0 Å². The van der Waals surface area contributed by atoms with E-state index < -0.39 is 0 Å². The molecule has 0 aromatic rings. The third kappa shape index (κ3) is 2.46. The Hall–Kier alpha value is -0.0800.